The average Bonchev–Trinajstić information content (AvgIpc) is 2.98. The highest BCUT2D eigenvalue weighted by Gasteiger charge is 2.40. The number of rotatable bonds is 3. The van der Waals surface area contributed by atoms with Gasteiger partial charge in [-0.1, -0.05) is 23.5 Å². The molecule has 0 bridgehead atoms. The van der Waals surface area contributed by atoms with Gasteiger partial charge in [0.05, 0.1) is 22.6 Å². The van der Waals surface area contributed by atoms with E-state index in [1.54, 1.807) is 0 Å². The third-order valence-electron chi connectivity index (χ3n) is 4.00. The predicted molar refractivity (Wildman–Crippen MR) is 86.0 cm³/mol. The maximum atomic E-state index is 13.2. The van der Waals surface area contributed by atoms with Gasteiger partial charge in [-0.15, -0.1) is 0 Å². The molecule has 118 valence electrons. The van der Waals surface area contributed by atoms with Gasteiger partial charge in [0.25, 0.3) is 5.19 Å². The van der Waals surface area contributed by atoms with Crippen molar-refractivity contribution in [2.75, 3.05) is 13.1 Å². The number of thiazole rings is 1. The summed E-state index contributed by atoms with van der Waals surface area (Å²) in [7, 11) is 0. The van der Waals surface area contributed by atoms with E-state index in [1.165, 1.54) is 23.7 Å². The number of fused-ring (bicyclic) bond motifs is 1. The lowest BCUT2D eigenvalue weighted by Gasteiger charge is -2.35. The Morgan fingerprint density at radius 1 is 1.13 bits per heavy atom. The molecule has 0 spiro atoms. The predicted octanol–water partition coefficient (Wildman–Crippen LogP) is 2.88. The van der Waals surface area contributed by atoms with Crippen LogP contribution in [-0.4, -0.2) is 28.0 Å². The number of ether oxygens (including phenoxy) is 1. The van der Waals surface area contributed by atoms with Crippen molar-refractivity contribution in [2.45, 2.75) is 18.4 Å². The minimum Gasteiger partial charge on any atom is -0.455 e. The zero-order valence-electron chi connectivity index (χ0n) is 12.3. The molecule has 7 heteroatoms. The maximum Gasteiger partial charge on any atom is 0.275 e. The molecular formula is C16H15FN4OS. The summed E-state index contributed by atoms with van der Waals surface area (Å²) >= 11 is 1.50. The quantitative estimate of drug-likeness (QED) is 0.800. The topological polar surface area (TPSA) is 59.9 Å². The van der Waals surface area contributed by atoms with Crippen LogP contribution in [0.1, 0.15) is 18.7 Å². The van der Waals surface area contributed by atoms with E-state index in [0.717, 1.165) is 23.3 Å². The molecule has 0 aliphatic carbocycles. The largest absolute Gasteiger partial charge is 0.455 e. The van der Waals surface area contributed by atoms with Crippen LogP contribution < -0.4 is 10.1 Å². The van der Waals surface area contributed by atoms with Gasteiger partial charge in [-0.25, -0.2) is 19.3 Å². The van der Waals surface area contributed by atoms with Crippen molar-refractivity contribution >= 4 is 21.6 Å². The number of hydrogen-bond donors (Lipinski definition) is 1. The summed E-state index contributed by atoms with van der Waals surface area (Å²) in [4.78, 5) is 12.9. The SMILES string of the molecule is Fc1cnc(C2(Oc3nc4ccccc4s3)CCNCC2)nc1. The molecule has 3 aromatic rings. The van der Waals surface area contributed by atoms with Gasteiger partial charge in [-0.3, -0.25) is 0 Å². The van der Waals surface area contributed by atoms with Crippen LogP contribution in [0, 0.1) is 5.82 Å². The number of nitrogens with one attached hydrogen (secondary N) is 1. The fourth-order valence-corrected chi connectivity index (χ4v) is 3.71. The maximum absolute atomic E-state index is 13.2. The molecule has 4 rings (SSSR count). The molecule has 5 nitrogen and oxygen atoms in total. The van der Waals surface area contributed by atoms with Gasteiger partial charge in [0, 0.05) is 12.8 Å². The molecule has 0 unspecified atom stereocenters. The van der Waals surface area contributed by atoms with Gasteiger partial charge in [0.15, 0.2) is 17.2 Å². The number of nitrogens with zero attached hydrogens (tertiary/aromatic N) is 3. The molecule has 1 N–H and O–H groups in total. The zero-order chi connectivity index (χ0) is 15.7. The van der Waals surface area contributed by atoms with E-state index in [1.807, 2.05) is 24.3 Å². The van der Waals surface area contributed by atoms with Crippen LogP contribution in [-0.2, 0) is 5.60 Å². The fourth-order valence-electron chi connectivity index (χ4n) is 2.81. The van der Waals surface area contributed by atoms with Crippen molar-refractivity contribution in [1.29, 1.82) is 0 Å². The summed E-state index contributed by atoms with van der Waals surface area (Å²) in [5.41, 5.74) is 0.254. The Kier molecular flexibility index (Phi) is 3.66. The Morgan fingerprint density at radius 3 is 2.61 bits per heavy atom. The second-order valence-corrected chi connectivity index (χ2v) is 6.51. The van der Waals surface area contributed by atoms with Crippen molar-refractivity contribution in [3.8, 4) is 5.19 Å². The minimum atomic E-state index is -0.660. The normalized spacial score (nSPS) is 17.3. The Morgan fingerprint density at radius 2 is 1.87 bits per heavy atom. The van der Waals surface area contributed by atoms with Crippen LogP contribution in [0.25, 0.3) is 10.2 Å². The molecular weight excluding hydrogens is 315 g/mol. The van der Waals surface area contributed by atoms with E-state index in [2.05, 4.69) is 20.3 Å². The molecule has 2 aromatic heterocycles. The van der Waals surface area contributed by atoms with Crippen LogP contribution in [0.15, 0.2) is 36.7 Å². The van der Waals surface area contributed by atoms with Crippen molar-refractivity contribution < 1.29 is 9.13 Å². The Hall–Kier alpha value is -2.12. The van der Waals surface area contributed by atoms with Gasteiger partial charge < -0.3 is 10.1 Å². The van der Waals surface area contributed by atoms with Crippen molar-refractivity contribution in [3.05, 3.63) is 48.3 Å². The van der Waals surface area contributed by atoms with Gasteiger partial charge >= 0.3 is 0 Å². The van der Waals surface area contributed by atoms with E-state index < -0.39 is 11.4 Å². The number of benzene rings is 1. The summed E-state index contributed by atoms with van der Waals surface area (Å²) in [5, 5.41) is 3.90. The lowest BCUT2D eigenvalue weighted by molar-refractivity contribution is 0.0243. The standard InChI is InChI=1S/C16H15FN4OS/c17-11-9-19-14(20-10-11)16(5-7-18-8-6-16)22-15-21-12-3-1-2-4-13(12)23-15/h1-4,9-10,18H,5-8H2. The molecule has 0 radical (unpaired) electrons. The Labute approximate surface area is 136 Å². The van der Waals surface area contributed by atoms with E-state index >= 15 is 0 Å². The molecule has 1 aliphatic rings. The van der Waals surface area contributed by atoms with E-state index in [0.29, 0.717) is 23.9 Å². The van der Waals surface area contributed by atoms with Gasteiger partial charge in [-0.05, 0) is 25.2 Å². The van der Waals surface area contributed by atoms with E-state index in [4.69, 9.17) is 4.74 Å². The van der Waals surface area contributed by atoms with Crippen molar-refractivity contribution in [3.63, 3.8) is 0 Å². The van der Waals surface area contributed by atoms with E-state index in [-0.39, 0.29) is 0 Å². The third kappa shape index (κ3) is 2.77. The summed E-state index contributed by atoms with van der Waals surface area (Å²) in [6.45, 7) is 1.59. The van der Waals surface area contributed by atoms with Crippen LogP contribution >= 0.6 is 11.3 Å². The number of halogens is 1. The lowest BCUT2D eigenvalue weighted by atomic mass is 9.91. The fraction of sp³-hybridized carbons (Fsp3) is 0.312. The smallest absolute Gasteiger partial charge is 0.275 e. The number of piperidine rings is 1. The first-order chi connectivity index (χ1) is 11.3. The summed E-state index contributed by atoms with van der Waals surface area (Å²) in [5.74, 6) is 0.0671. The van der Waals surface area contributed by atoms with Gasteiger partial charge in [0.1, 0.15) is 0 Å². The third-order valence-corrected chi connectivity index (χ3v) is 4.91. The molecule has 0 atom stereocenters. The monoisotopic (exact) mass is 330 g/mol. The van der Waals surface area contributed by atoms with Crippen molar-refractivity contribution in [1.82, 2.24) is 20.3 Å². The molecule has 0 saturated carbocycles. The van der Waals surface area contributed by atoms with Crippen LogP contribution in [0.4, 0.5) is 4.39 Å². The summed E-state index contributed by atoms with van der Waals surface area (Å²) in [6.07, 6.45) is 3.81. The molecule has 3 heterocycles. The first-order valence-electron chi connectivity index (χ1n) is 7.49. The van der Waals surface area contributed by atoms with Crippen LogP contribution in [0.5, 0.6) is 5.19 Å². The Balaban J connectivity index is 1.71. The second kappa shape index (κ2) is 5.82. The number of aromatic nitrogens is 3. The zero-order valence-corrected chi connectivity index (χ0v) is 13.1. The highest BCUT2D eigenvalue weighted by Crippen LogP contribution is 2.37. The van der Waals surface area contributed by atoms with Gasteiger partial charge in [-0.2, -0.15) is 0 Å². The highest BCUT2D eigenvalue weighted by atomic mass is 32.1. The van der Waals surface area contributed by atoms with E-state index in [9.17, 15) is 4.39 Å². The van der Waals surface area contributed by atoms with Gasteiger partial charge in [0.2, 0.25) is 0 Å². The summed E-state index contributed by atoms with van der Waals surface area (Å²) < 4.78 is 20.5. The first kappa shape index (κ1) is 14.5. The van der Waals surface area contributed by atoms with Crippen LogP contribution in [0.2, 0.25) is 0 Å². The van der Waals surface area contributed by atoms with Crippen LogP contribution in [0.3, 0.4) is 0 Å². The molecule has 1 aromatic carbocycles. The highest BCUT2D eigenvalue weighted by molar-refractivity contribution is 7.20. The molecule has 1 aliphatic heterocycles. The second-order valence-electron chi connectivity index (χ2n) is 5.52. The Bertz CT molecular complexity index is 781. The number of hydrogen-bond acceptors (Lipinski definition) is 6. The molecule has 1 saturated heterocycles. The molecule has 1 fully saturated rings. The lowest BCUT2D eigenvalue weighted by Crippen LogP contribution is -2.45. The number of para-hydroxylation sites is 1. The molecule has 0 amide bonds. The minimum absolute atomic E-state index is 0.446. The first-order valence-corrected chi connectivity index (χ1v) is 8.30. The van der Waals surface area contributed by atoms with Crippen molar-refractivity contribution in [2.24, 2.45) is 0 Å². The average molecular weight is 330 g/mol. The summed E-state index contributed by atoms with van der Waals surface area (Å²) in [6, 6.07) is 7.91. The molecule has 23 heavy (non-hydrogen) atoms.